The normalized spacial score (nSPS) is 11.0. The van der Waals surface area contributed by atoms with Gasteiger partial charge in [-0.1, -0.05) is 0 Å². The Morgan fingerprint density at radius 3 is 2.76 bits per heavy atom. The quantitative estimate of drug-likeness (QED) is 0.740. The highest BCUT2D eigenvalue weighted by molar-refractivity contribution is 7.71. The molecule has 3 aromatic rings. The summed E-state index contributed by atoms with van der Waals surface area (Å²) in [5.74, 6) is -0.268. The Morgan fingerprint density at radius 2 is 2.00 bits per heavy atom. The first-order chi connectivity index (χ1) is 10.1. The second-order valence-electron chi connectivity index (χ2n) is 4.64. The summed E-state index contributed by atoms with van der Waals surface area (Å²) in [7, 11) is 1.57. The molecular weight excluding hydrogens is 294 g/mol. The molecule has 0 saturated heterocycles. The van der Waals surface area contributed by atoms with Crippen molar-refractivity contribution in [1.82, 2.24) is 9.55 Å². The standard InChI is InChI=1S/C15H12F2N2OS/c1-20-11-3-5-13-14(7-11)19(15(21)18-13)8-9-6-10(16)2-4-12(9)17/h2-7H,8H2,1H3,(H,18,21). The predicted molar refractivity (Wildman–Crippen MR) is 79.1 cm³/mol. The van der Waals surface area contributed by atoms with Crippen molar-refractivity contribution in [2.24, 2.45) is 0 Å². The Labute approximate surface area is 124 Å². The molecule has 108 valence electrons. The van der Waals surface area contributed by atoms with E-state index in [1.807, 2.05) is 6.07 Å². The molecule has 0 aliphatic rings. The van der Waals surface area contributed by atoms with Gasteiger partial charge < -0.3 is 14.3 Å². The fraction of sp³-hybridized carbons (Fsp3) is 0.133. The Morgan fingerprint density at radius 1 is 1.19 bits per heavy atom. The molecule has 3 rings (SSSR count). The first-order valence-corrected chi connectivity index (χ1v) is 6.70. The molecule has 0 bridgehead atoms. The van der Waals surface area contributed by atoms with Crippen LogP contribution in [0.1, 0.15) is 5.56 Å². The number of aromatic nitrogens is 2. The first-order valence-electron chi connectivity index (χ1n) is 6.29. The van der Waals surface area contributed by atoms with Gasteiger partial charge in [0.05, 0.1) is 24.7 Å². The zero-order valence-electron chi connectivity index (χ0n) is 11.2. The average Bonchev–Trinajstić information content (AvgIpc) is 2.78. The Bertz CT molecular complexity index is 870. The number of benzene rings is 2. The van der Waals surface area contributed by atoms with Crippen LogP contribution in [0.15, 0.2) is 36.4 Å². The molecule has 3 nitrogen and oxygen atoms in total. The highest BCUT2D eigenvalue weighted by Crippen LogP contribution is 2.22. The number of halogens is 2. The molecule has 6 heteroatoms. The lowest BCUT2D eigenvalue weighted by Crippen LogP contribution is -2.02. The summed E-state index contributed by atoms with van der Waals surface area (Å²) in [6.07, 6.45) is 0. The molecule has 0 amide bonds. The smallest absolute Gasteiger partial charge is 0.178 e. The number of imidazole rings is 1. The summed E-state index contributed by atoms with van der Waals surface area (Å²) in [5, 5.41) is 0. The molecule has 0 fully saturated rings. The second kappa shape index (κ2) is 5.29. The van der Waals surface area contributed by atoms with Crippen molar-refractivity contribution in [1.29, 1.82) is 0 Å². The minimum absolute atomic E-state index is 0.148. The number of H-pyrrole nitrogens is 1. The van der Waals surface area contributed by atoms with Gasteiger partial charge in [-0.05, 0) is 42.5 Å². The van der Waals surface area contributed by atoms with E-state index in [-0.39, 0.29) is 12.1 Å². The number of hydrogen-bond donors (Lipinski definition) is 1. The fourth-order valence-corrected chi connectivity index (χ4v) is 2.52. The van der Waals surface area contributed by atoms with Crippen LogP contribution in [-0.2, 0) is 6.54 Å². The third-order valence-corrected chi connectivity index (χ3v) is 3.64. The molecule has 0 radical (unpaired) electrons. The van der Waals surface area contributed by atoms with E-state index in [1.54, 1.807) is 23.8 Å². The molecule has 0 saturated carbocycles. The highest BCUT2D eigenvalue weighted by atomic mass is 32.1. The lowest BCUT2D eigenvalue weighted by Gasteiger charge is -2.07. The molecular formula is C15H12F2N2OS. The minimum atomic E-state index is -0.477. The van der Waals surface area contributed by atoms with Crippen molar-refractivity contribution < 1.29 is 13.5 Å². The molecule has 1 heterocycles. The van der Waals surface area contributed by atoms with E-state index in [0.717, 1.165) is 23.2 Å². The Kier molecular flexibility index (Phi) is 3.47. The molecule has 0 unspecified atom stereocenters. The summed E-state index contributed by atoms with van der Waals surface area (Å²) in [6, 6.07) is 8.83. The predicted octanol–water partition coefficient (Wildman–Crippen LogP) is 4.03. The van der Waals surface area contributed by atoms with Crippen molar-refractivity contribution in [3.63, 3.8) is 0 Å². The largest absolute Gasteiger partial charge is 0.497 e. The van der Waals surface area contributed by atoms with Crippen LogP contribution < -0.4 is 4.74 Å². The van der Waals surface area contributed by atoms with E-state index in [2.05, 4.69) is 4.98 Å². The van der Waals surface area contributed by atoms with Crippen LogP contribution in [0, 0.1) is 16.4 Å². The van der Waals surface area contributed by atoms with E-state index in [4.69, 9.17) is 17.0 Å². The van der Waals surface area contributed by atoms with Crippen LogP contribution >= 0.6 is 12.2 Å². The van der Waals surface area contributed by atoms with Crippen molar-refractivity contribution >= 4 is 23.3 Å². The maximum absolute atomic E-state index is 13.8. The molecule has 2 aromatic carbocycles. The lowest BCUT2D eigenvalue weighted by molar-refractivity contribution is 0.415. The molecule has 1 aromatic heterocycles. The van der Waals surface area contributed by atoms with Crippen LogP contribution in [0.3, 0.4) is 0 Å². The first kappa shape index (κ1) is 13.8. The highest BCUT2D eigenvalue weighted by Gasteiger charge is 2.10. The summed E-state index contributed by atoms with van der Waals surface area (Å²) >= 11 is 5.26. The number of ether oxygens (including phenoxy) is 1. The number of fused-ring (bicyclic) bond motifs is 1. The topological polar surface area (TPSA) is 29.9 Å². The number of nitrogens with zero attached hydrogens (tertiary/aromatic N) is 1. The number of hydrogen-bond acceptors (Lipinski definition) is 2. The van der Waals surface area contributed by atoms with Crippen LogP contribution in [0.4, 0.5) is 8.78 Å². The third kappa shape index (κ3) is 2.54. The van der Waals surface area contributed by atoms with Gasteiger partial charge in [0.15, 0.2) is 4.77 Å². The van der Waals surface area contributed by atoms with Gasteiger partial charge >= 0.3 is 0 Å². The van der Waals surface area contributed by atoms with E-state index in [0.29, 0.717) is 10.5 Å². The monoisotopic (exact) mass is 306 g/mol. The maximum atomic E-state index is 13.8. The van der Waals surface area contributed by atoms with Gasteiger partial charge in [-0.25, -0.2) is 8.78 Å². The number of rotatable bonds is 3. The Balaban J connectivity index is 2.13. The van der Waals surface area contributed by atoms with Gasteiger partial charge in [0.2, 0.25) is 0 Å². The minimum Gasteiger partial charge on any atom is -0.497 e. The van der Waals surface area contributed by atoms with Gasteiger partial charge in [0.1, 0.15) is 17.4 Å². The third-order valence-electron chi connectivity index (χ3n) is 3.32. The van der Waals surface area contributed by atoms with Crippen LogP contribution in [0.25, 0.3) is 11.0 Å². The van der Waals surface area contributed by atoms with Crippen molar-refractivity contribution in [3.8, 4) is 5.75 Å². The molecule has 0 aliphatic heterocycles. The van der Waals surface area contributed by atoms with Gasteiger partial charge in [0, 0.05) is 11.6 Å². The molecule has 0 aliphatic carbocycles. The van der Waals surface area contributed by atoms with E-state index < -0.39 is 11.6 Å². The number of nitrogens with one attached hydrogen (secondary N) is 1. The summed E-state index contributed by atoms with van der Waals surface area (Å²) < 4.78 is 34.4. The molecule has 0 spiro atoms. The van der Waals surface area contributed by atoms with Crippen molar-refractivity contribution in [2.45, 2.75) is 6.54 Å². The van der Waals surface area contributed by atoms with Crippen LogP contribution in [-0.4, -0.2) is 16.7 Å². The molecule has 1 N–H and O–H groups in total. The maximum Gasteiger partial charge on any atom is 0.178 e. The average molecular weight is 306 g/mol. The number of methoxy groups -OCH3 is 1. The van der Waals surface area contributed by atoms with Crippen molar-refractivity contribution in [3.05, 3.63) is 58.4 Å². The van der Waals surface area contributed by atoms with Gasteiger partial charge in [0.25, 0.3) is 0 Å². The molecule has 0 atom stereocenters. The van der Waals surface area contributed by atoms with Gasteiger partial charge in [-0.2, -0.15) is 0 Å². The van der Waals surface area contributed by atoms with Gasteiger partial charge in [-0.15, -0.1) is 0 Å². The summed E-state index contributed by atoms with van der Waals surface area (Å²) in [5.41, 5.74) is 1.84. The van der Waals surface area contributed by atoms with Crippen LogP contribution in [0.5, 0.6) is 5.75 Å². The lowest BCUT2D eigenvalue weighted by atomic mass is 10.2. The SMILES string of the molecule is COc1ccc2[nH]c(=S)n(Cc3cc(F)ccc3F)c2c1. The summed E-state index contributed by atoms with van der Waals surface area (Å²) in [6.45, 7) is 0.148. The van der Waals surface area contributed by atoms with E-state index in [9.17, 15) is 8.78 Å². The zero-order valence-corrected chi connectivity index (χ0v) is 12.0. The van der Waals surface area contributed by atoms with Crippen molar-refractivity contribution in [2.75, 3.05) is 7.11 Å². The summed E-state index contributed by atoms with van der Waals surface area (Å²) in [4.78, 5) is 3.04. The second-order valence-corrected chi connectivity index (χ2v) is 5.02. The van der Waals surface area contributed by atoms with Gasteiger partial charge in [-0.3, -0.25) is 0 Å². The van der Waals surface area contributed by atoms with E-state index in [1.165, 1.54) is 6.07 Å². The zero-order chi connectivity index (χ0) is 15.0. The fourth-order valence-electron chi connectivity index (χ4n) is 2.25. The Hall–Kier alpha value is -2.21. The van der Waals surface area contributed by atoms with E-state index >= 15 is 0 Å². The van der Waals surface area contributed by atoms with Crippen LogP contribution in [0.2, 0.25) is 0 Å². The number of aromatic amines is 1. The molecule has 21 heavy (non-hydrogen) atoms.